The van der Waals surface area contributed by atoms with Crippen LogP contribution in [0.2, 0.25) is 0 Å². The molecule has 3 aromatic rings. The van der Waals surface area contributed by atoms with Gasteiger partial charge in [-0.1, -0.05) is 0 Å². The third-order valence-electron chi connectivity index (χ3n) is 3.33. The number of amides is 1. The monoisotopic (exact) mass is 419 g/mol. The van der Waals surface area contributed by atoms with E-state index in [4.69, 9.17) is 0 Å². The highest BCUT2D eigenvalue weighted by Crippen LogP contribution is 2.27. The van der Waals surface area contributed by atoms with Crippen LogP contribution in [0.3, 0.4) is 0 Å². The van der Waals surface area contributed by atoms with Crippen LogP contribution in [-0.4, -0.2) is 30.1 Å². The molecule has 0 atom stereocenters. The first-order valence-corrected chi connectivity index (χ1v) is 10.8. The Bertz CT molecular complexity index is 1090. The van der Waals surface area contributed by atoms with E-state index in [9.17, 15) is 18.0 Å². The first-order valence-electron chi connectivity index (χ1n) is 7.56. The Kier molecular flexibility index (Phi) is 5.59. The highest BCUT2D eigenvalue weighted by atomic mass is 32.2. The van der Waals surface area contributed by atoms with Crippen LogP contribution in [0.5, 0.6) is 0 Å². The molecule has 0 unspecified atom stereocenters. The lowest BCUT2D eigenvalue weighted by Gasteiger charge is -2.08. The lowest BCUT2D eigenvalue weighted by atomic mass is 10.3. The summed E-state index contributed by atoms with van der Waals surface area (Å²) in [6.45, 7) is 1.35. The summed E-state index contributed by atoms with van der Waals surface area (Å²) in [4.78, 5) is 31.4. The second-order valence-electron chi connectivity index (χ2n) is 5.25. The maximum Gasteiger partial charge on any atom is 0.233 e. The number of hydrogen-bond acceptors (Lipinski definition) is 8. The van der Waals surface area contributed by atoms with Crippen molar-refractivity contribution in [1.82, 2.24) is 9.97 Å². The van der Waals surface area contributed by atoms with Gasteiger partial charge in [-0.2, -0.15) is 0 Å². The Hall–Kier alpha value is -2.69. The van der Waals surface area contributed by atoms with Gasteiger partial charge in [0.1, 0.15) is 9.91 Å². The van der Waals surface area contributed by atoms with Gasteiger partial charge in [-0.15, -0.1) is 22.7 Å². The van der Waals surface area contributed by atoms with Crippen molar-refractivity contribution in [3.05, 3.63) is 62.3 Å². The zero-order chi connectivity index (χ0) is 19.4. The number of nitrogens with one attached hydrogen (secondary N) is 1. The molecule has 138 valence electrons. The molecule has 0 aliphatic rings. The first-order chi connectivity index (χ1) is 12.9. The normalized spacial score (nSPS) is 12.0. The summed E-state index contributed by atoms with van der Waals surface area (Å²) in [6.07, 6.45) is 4.22. The molecule has 7 nitrogen and oxygen atoms in total. The second-order valence-corrected chi connectivity index (χ2v) is 8.99. The second kappa shape index (κ2) is 7.91. The van der Waals surface area contributed by atoms with Gasteiger partial charge in [-0.3, -0.25) is 9.59 Å². The van der Waals surface area contributed by atoms with Crippen molar-refractivity contribution in [3.8, 4) is 0 Å². The van der Waals surface area contributed by atoms with Gasteiger partial charge in [-0.05, 0) is 30.3 Å². The van der Waals surface area contributed by atoms with E-state index >= 15 is 0 Å². The zero-order valence-corrected chi connectivity index (χ0v) is 16.4. The predicted octanol–water partition coefficient (Wildman–Crippen LogP) is 3.26. The molecule has 1 N–H and O–H groups in total. The molecule has 0 aliphatic heterocycles. The molecule has 0 bridgehead atoms. The number of carbonyl (C=O) groups excluding carboxylic acids is 2. The fourth-order valence-corrected chi connectivity index (χ4v) is 4.82. The molecule has 27 heavy (non-hydrogen) atoms. The molecular formula is C17H13N3O4S3. The molecule has 1 aromatic carbocycles. The van der Waals surface area contributed by atoms with E-state index in [1.807, 2.05) is 0 Å². The largest absolute Gasteiger partial charge is 0.326 e. The van der Waals surface area contributed by atoms with Gasteiger partial charge in [-0.25, -0.2) is 18.4 Å². The lowest BCUT2D eigenvalue weighted by Crippen LogP contribution is -2.14. The Labute approximate surface area is 163 Å². The average molecular weight is 420 g/mol. The number of benzene rings is 1. The van der Waals surface area contributed by atoms with Gasteiger partial charge in [0, 0.05) is 35.8 Å². The Morgan fingerprint density at radius 1 is 1.04 bits per heavy atom. The van der Waals surface area contributed by atoms with Gasteiger partial charge in [0.2, 0.25) is 21.5 Å². The summed E-state index contributed by atoms with van der Waals surface area (Å²) in [5.41, 5.74) is 0.457. The molecule has 0 spiro atoms. The quantitative estimate of drug-likeness (QED) is 0.486. The minimum Gasteiger partial charge on any atom is -0.326 e. The topological polar surface area (TPSA) is 106 Å². The van der Waals surface area contributed by atoms with Crippen LogP contribution in [0.25, 0.3) is 6.08 Å². The Balaban J connectivity index is 2.05. The predicted molar refractivity (Wildman–Crippen MR) is 104 cm³/mol. The lowest BCUT2D eigenvalue weighted by molar-refractivity contribution is -0.114. The van der Waals surface area contributed by atoms with Crippen molar-refractivity contribution in [3.63, 3.8) is 0 Å². The molecule has 0 saturated heterocycles. The van der Waals surface area contributed by atoms with Gasteiger partial charge < -0.3 is 5.32 Å². The Morgan fingerprint density at radius 2 is 1.70 bits per heavy atom. The van der Waals surface area contributed by atoms with Crippen LogP contribution in [0.1, 0.15) is 21.7 Å². The van der Waals surface area contributed by atoms with E-state index in [1.54, 1.807) is 10.8 Å². The third kappa shape index (κ3) is 4.35. The van der Waals surface area contributed by atoms with Gasteiger partial charge >= 0.3 is 0 Å². The van der Waals surface area contributed by atoms with Crippen molar-refractivity contribution >= 4 is 56.0 Å². The SMILES string of the molecule is CC(=O)Nc1ccc(S(=O)(=O)/C(=C\c2nccs2)C(=O)c2nccs2)cc1. The number of sulfone groups is 1. The Morgan fingerprint density at radius 3 is 2.26 bits per heavy atom. The molecule has 2 heterocycles. The average Bonchev–Trinajstić information content (AvgIpc) is 3.33. The van der Waals surface area contributed by atoms with Crippen molar-refractivity contribution in [1.29, 1.82) is 0 Å². The van der Waals surface area contributed by atoms with E-state index in [-0.39, 0.29) is 15.8 Å². The number of ketones is 1. The number of hydrogen-bond donors (Lipinski definition) is 1. The fourth-order valence-electron chi connectivity index (χ4n) is 2.17. The van der Waals surface area contributed by atoms with Crippen molar-refractivity contribution in [2.75, 3.05) is 5.32 Å². The summed E-state index contributed by atoms with van der Waals surface area (Å²) in [7, 11) is -4.12. The van der Waals surface area contributed by atoms with E-state index in [2.05, 4.69) is 15.3 Å². The van der Waals surface area contributed by atoms with Crippen molar-refractivity contribution in [2.24, 2.45) is 0 Å². The minimum atomic E-state index is -4.12. The van der Waals surface area contributed by atoms with Crippen molar-refractivity contribution in [2.45, 2.75) is 11.8 Å². The molecule has 3 rings (SSSR count). The van der Waals surface area contributed by atoms with Crippen molar-refractivity contribution < 1.29 is 18.0 Å². The molecule has 1 amide bonds. The zero-order valence-electron chi connectivity index (χ0n) is 13.9. The fraction of sp³-hybridized carbons (Fsp3) is 0.0588. The number of rotatable bonds is 6. The highest BCUT2D eigenvalue weighted by Gasteiger charge is 2.29. The number of Topliss-reactive ketones (excluding diaryl/α,β-unsaturated/α-hetero) is 1. The molecule has 0 fully saturated rings. The summed E-state index contributed by atoms with van der Waals surface area (Å²) < 4.78 is 26.2. The number of anilines is 1. The molecular weight excluding hydrogens is 406 g/mol. The summed E-state index contributed by atoms with van der Waals surface area (Å²) >= 11 is 2.28. The molecule has 2 aromatic heterocycles. The van der Waals surface area contributed by atoms with E-state index < -0.39 is 20.5 Å². The van der Waals surface area contributed by atoms with E-state index in [1.165, 1.54) is 61.0 Å². The van der Waals surface area contributed by atoms with Gasteiger partial charge in [0.15, 0.2) is 5.01 Å². The standard InChI is InChI=1S/C17H13N3O4S3/c1-11(21)20-12-2-4-13(5-3-12)27(23,24)14(10-15-18-6-8-25-15)16(22)17-19-7-9-26-17/h2-10H,1H3,(H,20,21)/b14-10-. The molecule has 10 heteroatoms. The maximum absolute atomic E-state index is 13.1. The maximum atomic E-state index is 13.1. The van der Waals surface area contributed by atoms with Crippen LogP contribution in [0.15, 0.2) is 57.2 Å². The summed E-state index contributed by atoms with van der Waals surface area (Å²) in [5, 5.41) is 6.33. The van der Waals surface area contributed by atoms with Crippen LogP contribution >= 0.6 is 22.7 Å². The highest BCUT2D eigenvalue weighted by molar-refractivity contribution is 7.96. The number of thiazole rings is 2. The number of carbonyl (C=O) groups is 2. The number of allylic oxidation sites excluding steroid dienone is 1. The number of aromatic nitrogens is 2. The molecule has 0 aliphatic carbocycles. The number of nitrogens with zero attached hydrogens (tertiary/aromatic N) is 2. The molecule has 0 saturated carbocycles. The van der Waals surface area contributed by atoms with Gasteiger partial charge in [0.05, 0.1) is 4.90 Å². The van der Waals surface area contributed by atoms with E-state index in [0.29, 0.717) is 10.7 Å². The van der Waals surface area contributed by atoms with Crippen LogP contribution < -0.4 is 5.32 Å². The smallest absolute Gasteiger partial charge is 0.233 e. The first kappa shape index (κ1) is 19.1. The third-order valence-corrected chi connectivity index (χ3v) is 6.60. The summed E-state index contributed by atoms with van der Waals surface area (Å²) in [5.74, 6) is -0.958. The van der Waals surface area contributed by atoms with Gasteiger partial charge in [0.25, 0.3) is 0 Å². The van der Waals surface area contributed by atoms with Crippen LogP contribution in [0, 0.1) is 0 Å². The van der Waals surface area contributed by atoms with Crippen LogP contribution in [-0.2, 0) is 14.6 Å². The van der Waals surface area contributed by atoms with Crippen LogP contribution in [0.4, 0.5) is 5.69 Å². The minimum absolute atomic E-state index is 0.0654. The summed E-state index contributed by atoms with van der Waals surface area (Å²) in [6, 6.07) is 5.60. The molecule has 0 radical (unpaired) electrons. The van der Waals surface area contributed by atoms with E-state index in [0.717, 1.165) is 11.3 Å².